The van der Waals surface area contributed by atoms with Gasteiger partial charge in [0.2, 0.25) is 0 Å². The zero-order chi connectivity index (χ0) is 17.1. The van der Waals surface area contributed by atoms with E-state index in [0.717, 1.165) is 40.6 Å². The molecular weight excluding hydrogens is 366 g/mol. The molecule has 0 aliphatic carbocycles. The second-order valence-corrected chi connectivity index (χ2v) is 6.80. The summed E-state index contributed by atoms with van der Waals surface area (Å²) in [5, 5.41) is 0.982. The van der Waals surface area contributed by atoms with Crippen molar-refractivity contribution in [1.29, 1.82) is 0 Å². The summed E-state index contributed by atoms with van der Waals surface area (Å²) in [6, 6.07) is 15.9. The van der Waals surface area contributed by atoms with Gasteiger partial charge in [-0.1, -0.05) is 41.1 Å². The molecule has 3 nitrogen and oxygen atoms in total. The quantitative estimate of drug-likeness (QED) is 0.560. The van der Waals surface area contributed by atoms with Gasteiger partial charge in [-0.25, -0.2) is 4.79 Å². The average molecular weight is 386 g/mol. The Bertz CT molecular complexity index is 917. The van der Waals surface area contributed by atoms with Gasteiger partial charge in [0.25, 0.3) is 0 Å². The highest BCUT2D eigenvalue weighted by atomic mass is 79.9. The standard InChI is InChI=1S/C20H20BrNO2/c1-3-10-22(13-15-6-4-5-7-18(15)21)16-8-9-17-14(2)11-20(23)24-19(17)12-16/h4-9,11-12H,3,10,13H2,1-2H3. The summed E-state index contributed by atoms with van der Waals surface area (Å²) < 4.78 is 6.50. The Kier molecular flexibility index (Phi) is 5.05. The van der Waals surface area contributed by atoms with Crippen LogP contribution in [0.2, 0.25) is 0 Å². The van der Waals surface area contributed by atoms with Crippen molar-refractivity contribution in [2.24, 2.45) is 0 Å². The van der Waals surface area contributed by atoms with E-state index in [-0.39, 0.29) is 5.63 Å². The molecule has 2 aromatic carbocycles. The molecule has 0 aliphatic heterocycles. The molecule has 0 saturated carbocycles. The van der Waals surface area contributed by atoms with Crippen molar-refractivity contribution in [2.45, 2.75) is 26.8 Å². The molecule has 0 saturated heterocycles. The van der Waals surface area contributed by atoms with E-state index in [1.54, 1.807) is 0 Å². The Labute approximate surface area is 150 Å². The maximum absolute atomic E-state index is 11.7. The highest BCUT2D eigenvalue weighted by molar-refractivity contribution is 9.10. The third kappa shape index (κ3) is 3.54. The highest BCUT2D eigenvalue weighted by Crippen LogP contribution is 2.26. The van der Waals surface area contributed by atoms with E-state index < -0.39 is 0 Å². The van der Waals surface area contributed by atoms with Gasteiger partial charge in [-0.15, -0.1) is 0 Å². The van der Waals surface area contributed by atoms with E-state index >= 15 is 0 Å². The molecule has 0 radical (unpaired) electrons. The van der Waals surface area contributed by atoms with Crippen LogP contribution >= 0.6 is 15.9 Å². The average Bonchev–Trinajstić information content (AvgIpc) is 2.55. The zero-order valence-electron chi connectivity index (χ0n) is 13.9. The lowest BCUT2D eigenvalue weighted by molar-refractivity contribution is 0.559. The maximum Gasteiger partial charge on any atom is 0.336 e. The predicted molar refractivity (Wildman–Crippen MR) is 103 cm³/mol. The molecule has 0 aliphatic rings. The minimum Gasteiger partial charge on any atom is -0.423 e. The number of rotatable bonds is 5. The summed E-state index contributed by atoms with van der Waals surface area (Å²) in [4.78, 5) is 14.0. The van der Waals surface area contributed by atoms with Crippen LogP contribution in [0.15, 0.2) is 62.2 Å². The number of benzene rings is 2. The molecule has 0 spiro atoms. The highest BCUT2D eigenvalue weighted by Gasteiger charge is 2.11. The predicted octanol–water partition coefficient (Wildman–Crippen LogP) is 5.28. The van der Waals surface area contributed by atoms with Gasteiger partial charge >= 0.3 is 5.63 Å². The van der Waals surface area contributed by atoms with Crippen molar-refractivity contribution in [2.75, 3.05) is 11.4 Å². The third-order valence-electron chi connectivity index (χ3n) is 4.11. The second kappa shape index (κ2) is 7.22. The molecule has 24 heavy (non-hydrogen) atoms. The number of halogens is 1. The first-order valence-corrected chi connectivity index (χ1v) is 8.90. The molecule has 1 aromatic heterocycles. The summed E-state index contributed by atoms with van der Waals surface area (Å²) in [7, 11) is 0. The Hall–Kier alpha value is -2.07. The minimum absolute atomic E-state index is 0.301. The van der Waals surface area contributed by atoms with Gasteiger partial charge in [0.05, 0.1) is 0 Å². The van der Waals surface area contributed by atoms with Crippen molar-refractivity contribution in [3.8, 4) is 0 Å². The lowest BCUT2D eigenvalue weighted by Crippen LogP contribution is -2.23. The van der Waals surface area contributed by atoms with Crippen LogP contribution in [0.4, 0.5) is 5.69 Å². The van der Waals surface area contributed by atoms with E-state index in [4.69, 9.17) is 4.42 Å². The molecule has 0 N–H and O–H groups in total. The van der Waals surface area contributed by atoms with Crippen LogP contribution in [0, 0.1) is 6.92 Å². The first kappa shape index (κ1) is 16.8. The van der Waals surface area contributed by atoms with Crippen molar-refractivity contribution in [3.63, 3.8) is 0 Å². The molecule has 0 bridgehead atoms. The van der Waals surface area contributed by atoms with Gasteiger partial charge in [-0.3, -0.25) is 0 Å². The van der Waals surface area contributed by atoms with Gasteiger partial charge in [0.15, 0.2) is 0 Å². The molecule has 3 rings (SSSR count). The van der Waals surface area contributed by atoms with Gasteiger partial charge in [0.1, 0.15) is 5.58 Å². The number of aryl methyl sites for hydroxylation is 1. The monoisotopic (exact) mass is 385 g/mol. The van der Waals surface area contributed by atoms with E-state index in [0.29, 0.717) is 5.58 Å². The lowest BCUT2D eigenvalue weighted by Gasteiger charge is -2.25. The Morgan fingerprint density at radius 1 is 1.12 bits per heavy atom. The number of hydrogen-bond acceptors (Lipinski definition) is 3. The molecule has 0 amide bonds. The fourth-order valence-corrected chi connectivity index (χ4v) is 3.32. The van der Waals surface area contributed by atoms with E-state index in [2.05, 4.69) is 46.0 Å². The van der Waals surface area contributed by atoms with Crippen molar-refractivity contribution in [1.82, 2.24) is 0 Å². The van der Waals surface area contributed by atoms with Crippen LogP contribution in [0.5, 0.6) is 0 Å². The van der Waals surface area contributed by atoms with Gasteiger partial charge < -0.3 is 9.32 Å². The normalized spacial score (nSPS) is 11.0. The minimum atomic E-state index is -0.301. The topological polar surface area (TPSA) is 33.5 Å². The van der Waals surface area contributed by atoms with Crippen LogP contribution in [0.25, 0.3) is 11.0 Å². The largest absolute Gasteiger partial charge is 0.423 e. The molecule has 124 valence electrons. The molecule has 0 atom stereocenters. The van der Waals surface area contributed by atoms with Gasteiger partial charge in [0, 0.05) is 40.8 Å². The zero-order valence-corrected chi connectivity index (χ0v) is 15.5. The number of nitrogens with zero attached hydrogens (tertiary/aromatic N) is 1. The summed E-state index contributed by atoms with van der Waals surface area (Å²) in [5.74, 6) is 0. The summed E-state index contributed by atoms with van der Waals surface area (Å²) in [6.07, 6.45) is 1.04. The number of hydrogen-bond donors (Lipinski definition) is 0. The van der Waals surface area contributed by atoms with E-state index in [1.807, 2.05) is 31.2 Å². The number of anilines is 1. The summed E-state index contributed by atoms with van der Waals surface area (Å²) >= 11 is 3.62. The number of fused-ring (bicyclic) bond motifs is 1. The van der Waals surface area contributed by atoms with Crippen LogP contribution in [-0.2, 0) is 6.54 Å². The van der Waals surface area contributed by atoms with Gasteiger partial charge in [-0.2, -0.15) is 0 Å². The smallest absolute Gasteiger partial charge is 0.336 e. The Balaban J connectivity index is 2.00. The molecule has 1 heterocycles. The Morgan fingerprint density at radius 2 is 1.92 bits per heavy atom. The third-order valence-corrected chi connectivity index (χ3v) is 4.89. The van der Waals surface area contributed by atoms with Crippen LogP contribution in [0.3, 0.4) is 0 Å². The Morgan fingerprint density at radius 3 is 2.67 bits per heavy atom. The van der Waals surface area contributed by atoms with Crippen LogP contribution < -0.4 is 10.5 Å². The van der Waals surface area contributed by atoms with Crippen molar-refractivity contribution in [3.05, 3.63) is 74.6 Å². The van der Waals surface area contributed by atoms with Crippen molar-refractivity contribution < 1.29 is 4.42 Å². The molecular formula is C20H20BrNO2. The lowest BCUT2D eigenvalue weighted by atomic mass is 10.1. The van der Waals surface area contributed by atoms with Gasteiger partial charge in [-0.05, 0) is 42.7 Å². The molecule has 3 aromatic rings. The SMILES string of the molecule is CCCN(Cc1ccccc1Br)c1ccc2c(C)cc(=O)oc2c1. The van der Waals surface area contributed by atoms with Crippen molar-refractivity contribution >= 4 is 32.6 Å². The maximum atomic E-state index is 11.7. The fourth-order valence-electron chi connectivity index (χ4n) is 2.91. The molecule has 0 unspecified atom stereocenters. The van der Waals surface area contributed by atoms with Crippen LogP contribution in [0.1, 0.15) is 24.5 Å². The van der Waals surface area contributed by atoms with Crippen LogP contribution in [-0.4, -0.2) is 6.54 Å². The summed E-state index contributed by atoms with van der Waals surface area (Å²) in [5.41, 5.74) is 3.59. The summed E-state index contributed by atoms with van der Waals surface area (Å²) in [6.45, 7) is 5.84. The first-order chi connectivity index (χ1) is 11.6. The van der Waals surface area contributed by atoms with E-state index in [1.165, 1.54) is 11.6 Å². The molecule has 4 heteroatoms. The first-order valence-electron chi connectivity index (χ1n) is 8.11. The van der Waals surface area contributed by atoms with E-state index in [9.17, 15) is 4.79 Å². The fraction of sp³-hybridized carbons (Fsp3) is 0.250. The molecule has 0 fully saturated rings. The second-order valence-electron chi connectivity index (χ2n) is 5.94.